The van der Waals surface area contributed by atoms with Crippen LogP contribution in [0.2, 0.25) is 0 Å². The van der Waals surface area contributed by atoms with Crippen molar-refractivity contribution in [1.82, 2.24) is 5.32 Å². The molecule has 0 aliphatic rings. The molecule has 0 aliphatic heterocycles. The third-order valence-corrected chi connectivity index (χ3v) is 2.37. The fourth-order valence-corrected chi connectivity index (χ4v) is 1.51. The SMILES string of the molecule is COCCCNC(=O)c1ccc(OC(C)C)c(F)c1. The van der Waals surface area contributed by atoms with Crippen molar-refractivity contribution in [2.24, 2.45) is 0 Å². The first-order valence-electron chi connectivity index (χ1n) is 6.28. The summed E-state index contributed by atoms with van der Waals surface area (Å²) in [6, 6.07) is 4.20. The van der Waals surface area contributed by atoms with Gasteiger partial charge in [0.15, 0.2) is 11.6 Å². The Bertz CT molecular complexity index is 421. The molecular formula is C14H20FNO3. The van der Waals surface area contributed by atoms with Crippen LogP contribution in [0, 0.1) is 5.82 Å². The van der Waals surface area contributed by atoms with Crippen LogP contribution in [0.3, 0.4) is 0 Å². The fourth-order valence-electron chi connectivity index (χ4n) is 1.51. The monoisotopic (exact) mass is 269 g/mol. The number of nitrogens with one attached hydrogen (secondary N) is 1. The number of ether oxygens (including phenoxy) is 2. The number of amides is 1. The molecule has 0 radical (unpaired) electrons. The summed E-state index contributed by atoms with van der Waals surface area (Å²) in [6.07, 6.45) is 0.613. The Labute approximate surface area is 112 Å². The molecule has 1 rings (SSSR count). The molecule has 5 heteroatoms. The molecule has 0 aliphatic carbocycles. The van der Waals surface area contributed by atoms with E-state index in [0.717, 1.165) is 6.42 Å². The van der Waals surface area contributed by atoms with Crippen molar-refractivity contribution in [3.8, 4) is 5.75 Å². The molecule has 0 saturated heterocycles. The van der Waals surface area contributed by atoms with E-state index in [1.165, 1.54) is 12.1 Å². The van der Waals surface area contributed by atoms with Gasteiger partial charge in [-0.05, 0) is 38.5 Å². The minimum Gasteiger partial charge on any atom is -0.488 e. The molecule has 0 spiro atoms. The second-order valence-electron chi connectivity index (χ2n) is 4.41. The van der Waals surface area contributed by atoms with Crippen LogP contribution in [-0.2, 0) is 4.74 Å². The lowest BCUT2D eigenvalue weighted by Crippen LogP contribution is -2.25. The average Bonchev–Trinajstić information content (AvgIpc) is 2.36. The van der Waals surface area contributed by atoms with Crippen LogP contribution in [-0.4, -0.2) is 32.3 Å². The van der Waals surface area contributed by atoms with Gasteiger partial charge in [-0.1, -0.05) is 0 Å². The predicted octanol–water partition coefficient (Wildman–Crippen LogP) is 2.38. The van der Waals surface area contributed by atoms with E-state index in [1.54, 1.807) is 13.2 Å². The Morgan fingerprint density at radius 1 is 1.42 bits per heavy atom. The van der Waals surface area contributed by atoms with E-state index < -0.39 is 5.82 Å². The lowest BCUT2D eigenvalue weighted by atomic mass is 10.2. The third-order valence-electron chi connectivity index (χ3n) is 2.37. The summed E-state index contributed by atoms with van der Waals surface area (Å²) in [6.45, 7) is 4.71. The van der Waals surface area contributed by atoms with Crippen molar-refractivity contribution in [1.29, 1.82) is 0 Å². The van der Waals surface area contributed by atoms with Gasteiger partial charge in [0.2, 0.25) is 0 Å². The molecule has 4 nitrogen and oxygen atoms in total. The highest BCUT2D eigenvalue weighted by Gasteiger charge is 2.11. The van der Waals surface area contributed by atoms with Crippen LogP contribution in [0.5, 0.6) is 5.75 Å². The van der Waals surface area contributed by atoms with E-state index in [2.05, 4.69) is 5.32 Å². The van der Waals surface area contributed by atoms with Gasteiger partial charge >= 0.3 is 0 Å². The molecule has 106 valence electrons. The molecule has 1 N–H and O–H groups in total. The van der Waals surface area contributed by atoms with E-state index in [9.17, 15) is 9.18 Å². The Morgan fingerprint density at radius 2 is 2.16 bits per heavy atom. The highest BCUT2D eigenvalue weighted by Crippen LogP contribution is 2.19. The molecule has 19 heavy (non-hydrogen) atoms. The molecule has 0 atom stereocenters. The molecule has 0 unspecified atom stereocenters. The summed E-state index contributed by atoms with van der Waals surface area (Å²) in [5, 5.41) is 2.69. The van der Waals surface area contributed by atoms with Gasteiger partial charge in [-0.15, -0.1) is 0 Å². The second kappa shape index (κ2) is 7.74. The van der Waals surface area contributed by atoms with Crippen LogP contribution >= 0.6 is 0 Å². The van der Waals surface area contributed by atoms with E-state index >= 15 is 0 Å². The van der Waals surface area contributed by atoms with E-state index in [0.29, 0.717) is 13.2 Å². The molecule has 1 amide bonds. The molecule has 0 aromatic heterocycles. The third kappa shape index (κ3) is 5.26. The van der Waals surface area contributed by atoms with Gasteiger partial charge < -0.3 is 14.8 Å². The van der Waals surface area contributed by atoms with Crippen molar-refractivity contribution in [3.05, 3.63) is 29.6 Å². The van der Waals surface area contributed by atoms with Crippen molar-refractivity contribution in [3.63, 3.8) is 0 Å². The standard InChI is InChI=1S/C14H20FNO3/c1-10(2)19-13-6-5-11(9-12(13)15)14(17)16-7-4-8-18-3/h5-6,9-10H,4,7-8H2,1-3H3,(H,16,17). The van der Waals surface area contributed by atoms with Gasteiger partial charge in [0.1, 0.15) is 0 Å². The first-order chi connectivity index (χ1) is 9.04. The number of carbonyl (C=O) groups is 1. The Kier molecular flexibility index (Phi) is 6.29. The van der Waals surface area contributed by atoms with E-state index in [4.69, 9.17) is 9.47 Å². The van der Waals surface area contributed by atoms with Crippen molar-refractivity contribution in [2.45, 2.75) is 26.4 Å². The number of hydrogen-bond acceptors (Lipinski definition) is 3. The Hall–Kier alpha value is -1.62. The van der Waals surface area contributed by atoms with Crippen molar-refractivity contribution >= 4 is 5.91 Å². The van der Waals surface area contributed by atoms with Gasteiger partial charge in [-0.2, -0.15) is 0 Å². The Balaban J connectivity index is 2.59. The average molecular weight is 269 g/mol. The maximum absolute atomic E-state index is 13.7. The summed E-state index contributed by atoms with van der Waals surface area (Å²) >= 11 is 0. The summed E-state index contributed by atoms with van der Waals surface area (Å²) in [5.74, 6) is -0.671. The van der Waals surface area contributed by atoms with Gasteiger partial charge in [-0.3, -0.25) is 4.79 Å². The van der Waals surface area contributed by atoms with Gasteiger partial charge in [-0.25, -0.2) is 4.39 Å². The number of halogens is 1. The number of hydrogen-bond donors (Lipinski definition) is 1. The molecule has 1 aromatic carbocycles. The quantitative estimate of drug-likeness (QED) is 0.773. The molecular weight excluding hydrogens is 249 g/mol. The van der Waals surface area contributed by atoms with Crippen LogP contribution in [0.4, 0.5) is 4.39 Å². The summed E-state index contributed by atoms with van der Waals surface area (Å²) in [4.78, 5) is 11.7. The predicted molar refractivity (Wildman–Crippen MR) is 71.0 cm³/mol. The second-order valence-corrected chi connectivity index (χ2v) is 4.41. The van der Waals surface area contributed by atoms with Crippen molar-refractivity contribution in [2.75, 3.05) is 20.3 Å². The zero-order chi connectivity index (χ0) is 14.3. The summed E-state index contributed by atoms with van der Waals surface area (Å²) in [7, 11) is 1.60. The minimum atomic E-state index is -0.529. The Morgan fingerprint density at radius 3 is 2.74 bits per heavy atom. The van der Waals surface area contributed by atoms with Crippen LogP contribution < -0.4 is 10.1 Å². The maximum Gasteiger partial charge on any atom is 0.251 e. The number of methoxy groups -OCH3 is 1. The first kappa shape index (κ1) is 15.4. The number of rotatable bonds is 7. The summed E-state index contributed by atoms with van der Waals surface area (Å²) in [5.41, 5.74) is 0.283. The van der Waals surface area contributed by atoms with Gasteiger partial charge in [0.05, 0.1) is 6.10 Å². The van der Waals surface area contributed by atoms with E-state index in [1.807, 2.05) is 13.8 Å². The lowest BCUT2D eigenvalue weighted by Gasteiger charge is -2.11. The maximum atomic E-state index is 13.7. The molecule has 0 saturated carbocycles. The first-order valence-corrected chi connectivity index (χ1v) is 6.28. The number of carbonyl (C=O) groups excluding carboxylic acids is 1. The number of benzene rings is 1. The highest BCUT2D eigenvalue weighted by molar-refractivity contribution is 5.94. The topological polar surface area (TPSA) is 47.6 Å². The largest absolute Gasteiger partial charge is 0.488 e. The molecule has 1 aromatic rings. The van der Waals surface area contributed by atoms with E-state index in [-0.39, 0.29) is 23.3 Å². The minimum absolute atomic E-state index is 0.108. The fraction of sp³-hybridized carbons (Fsp3) is 0.500. The zero-order valence-electron chi connectivity index (χ0n) is 11.5. The van der Waals surface area contributed by atoms with Crippen LogP contribution in [0.1, 0.15) is 30.6 Å². The van der Waals surface area contributed by atoms with Crippen LogP contribution in [0.15, 0.2) is 18.2 Å². The molecule has 0 heterocycles. The van der Waals surface area contributed by atoms with Crippen LogP contribution in [0.25, 0.3) is 0 Å². The van der Waals surface area contributed by atoms with Gasteiger partial charge in [0, 0.05) is 25.8 Å². The highest BCUT2D eigenvalue weighted by atomic mass is 19.1. The lowest BCUT2D eigenvalue weighted by molar-refractivity contribution is 0.0948. The normalized spacial score (nSPS) is 10.6. The molecule has 0 bridgehead atoms. The summed E-state index contributed by atoms with van der Waals surface area (Å²) < 4.78 is 23.8. The zero-order valence-corrected chi connectivity index (χ0v) is 11.5. The molecule has 0 fully saturated rings. The van der Waals surface area contributed by atoms with Gasteiger partial charge in [0.25, 0.3) is 5.91 Å². The van der Waals surface area contributed by atoms with Crippen molar-refractivity contribution < 1.29 is 18.7 Å². The smallest absolute Gasteiger partial charge is 0.251 e.